The summed E-state index contributed by atoms with van der Waals surface area (Å²) in [5.41, 5.74) is 6.89. The van der Waals surface area contributed by atoms with Crippen LogP contribution in [0.2, 0.25) is 0 Å². The van der Waals surface area contributed by atoms with Gasteiger partial charge in [-0.3, -0.25) is 0 Å². The van der Waals surface area contributed by atoms with Crippen LogP contribution in [0.4, 0.5) is 0 Å². The van der Waals surface area contributed by atoms with Gasteiger partial charge in [0.05, 0.1) is 13.2 Å². The van der Waals surface area contributed by atoms with Gasteiger partial charge in [0.1, 0.15) is 5.75 Å². The maximum absolute atomic E-state index is 10.3. The first kappa shape index (κ1) is 12.4. The van der Waals surface area contributed by atoms with Crippen molar-refractivity contribution in [1.29, 1.82) is 0 Å². The maximum atomic E-state index is 10.3. The quantitative estimate of drug-likeness (QED) is 0.819. The van der Waals surface area contributed by atoms with Crippen molar-refractivity contribution in [2.75, 3.05) is 13.7 Å². The molecule has 1 saturated carbocycles. The molecule has 94 valence electrons. The second-order valence-corrected chi connectivity index (χ2v) is 4.80. The average Bonchev–Trinajstić information content (AvgIpc) is 2.28. The molecule has 0 saturated heterocycles. The second-order valence-electron chi connectivity index (χ2n) is 4.80. The van der Waals surface area contributed by atoms with Crippen molar-refractivity contribution < 1.29 is 9.84 Å². The highest BCUT2D eigenvalue weighted by molar-refractivity contribution is 5.31. The largest absolute Gasteiger partial charge is 0.497 e. The van der Waals surface area contributed by atoms with Crippen molar-refractivity contribution >= 4 is 0 Å². The van der Waals surface area contributed by atoms with Gasteiger partial charge < -0.3 is 15.6 Å². The summed E-state index contributed by atoms with van der Waals surface area (Å²) in [6.45, 7) is 0.477. The van der Waals surface area contributed by atoms with Gasteiger partial charge in [0.2, 0.25) is 0 Å². The van der Waals surface area contributed by atoms with Crippen molar-refractivity contribution in [2.24, 2.45) is 11.7 Å². The van der Waals surface area contributed by atoms with Gasteiger partial charge in [-0.25, -0.2) is 0 Å². The fourth-order valence-corrected chi connectivity index (χ4v) is 2.45. The molecule has 0 bridgehead atoms. The van der Waals surface area contributed by atoms with Gasteiger partial charge in [0, 0.05) is 12.5 Å². The molecule has 1 aromatic rings. The Kier molecular flexibility index (Phi) is 4.02. The molecule has 1 aromatic carbocycles. The molecule has 2 unspecified atom stereocenters. The minimum absolute atomic E-state index is 0.0235. The van der Waals surface area contributed by atoms with Gasteiger partial charge in [-0.2, -0.15) is 0 Å². The van der Waals surface area contributed by atoms with Crippen molar-refractivity contribution in [3.8, 4) is 5.75 Å². The van der Waals surface area contributed by atoms with Crippen LogP contribution in [-0.4, -0.2) is 24.9 Å². The Morgan fingerprint density at radius 2 is 2.24 bits per heavy atom. The summed E-state index contributed by atoms with van der Waals surface area (Å²) < 4.78 is 5.21. The normalized spacial score (nSPS) is 19.5. The number of ether oxygens (including phenoxy) is 1. The van der Waals surface area contributed by atoms with Crippen LogP contribution in [0.1, 0.15) is 30.7 Å². The molecule has 2 rings (SSSR count). The summed E-state index contributed by atoms with van der Waals surface area (Å²) >= 11 is 0. The van der Waals surface area contributed by atoms with Crippen LogP contribution in [0.15, 0.2) is 24.3 Å². The standard InChI is InChI=1S/C14H21NO2/c1-17-12-7-3-6-11(8-12)13(9-15)14(16)10-4-2-5-10/h3,6-8,10,13-14,16H,2,4-5,9,15H2,1H3. The number of nitrogens with two attached hydrogens (primary N) is 1. The number of aliphatic hydroxyl groups excluding tert-OH is 1. The van der Waals surface area contributed by atoms with E-state index in [0.717, 1.165) is 24.2 Å². The second kappa shape index (κ2) is 5.52. The summed E-state index contributed by atoms with van der Waals surface area (Å²) in [7, 11) is 1.65. The zero-order valence-electron chi connectivity index (χ0n) is 10.3. The molecule has 0 amide bonds. The third kappa shape index (κ3) is 2.61. The number of hydrogen-bond acceptors (Lipinski definition) is 3. The highest BCUT2D eigenvalue weighted by Gasteiger charge is 2.31. The molecule has 1 aliphatic carbocycles. The van der Waals surface area contributed by atoms with Gasteiger partial charge in [-0.05, 0) is 36.5 Å². The van der Waals surface area contributed by atoms with Gasteiger partial charge in [0.15, 0.2) is 0 Å². The van der Waals surface area contributed by atoms with E-state index >= 15 is 0 Å². The summed E-state index contributed by atoms with van der Waals surface area (Å²) in [4.78, 5) is 0. The minimum atomic E-state index is -0.319. The Morgan fingerprint density at radius 3 is 2.76 bits per heavy atom. The van der Waals surface area contributed by atoms with Crippen LogP contribution >= 0.6 is 0 Å². The van der Waals surface area contributed by atoms with E-state index < -0.39 is 0 Å². The number of methoxy groups -OCH3 is 1. The van der Waals surface area contributed by atoms with Gasteiger partial charge in [-0.15, -0.1) is 0 Å². The molecule has 1 fully saturated rings. The van der Waals surface area contributed by atoms with Gasteiger partial charge in [-0.1, -0.05) is 18.6 Å². The smallest absolute Gasteiger partial charge is 0.119 e. The third-order valence-electron chi connectivity index (χ3n) is 3.82. The lowest BCUT2D eigenvalue weighted by molar-refractivity contribution is 0.0419. The summed E-state index contributed by atoms with van der Waals surface area (Å²) in [5.74, 6) is 1.27. The number of rotatable bonds is 5. The topological polar surface area (TPSA) is 55.5 Å². The van der Waals surface area contributed by atoms with E-state index in [0.29, 0.717) is 12.5 Å². The van der Waals surface area contributed by atoms with E-state index in [4.69, 9.17) is 10.5 Å². The SMILES string of the molecule is COc1cccc(C(CN)C(O)C2CCC2)c1. The first-order valence-corrected chi connectivity index (χ1v) is 6.28. The molecule has 0 spiro atoms. The molecular formula is C14H21NO2. The van der Waals surface area contributed by atoms with Crippen LogP contribution in [0, 0.1) is 5.92 Å². The molecule has 0 aliphatic heterocycles. The molecule has 3 nitrogen and oxygen atoms in total. The van der Waals surface area contributed by atoms with Gasteiger partial charge in [0.25, 0.3) is 0 Å². The third-order valence-corrected chi connectivity index (χ3v) is 3.82. The summed E-state index contributed by atoms with van der Waals surface area (Å²) in [6, 6.07) is 7.85. The predicted octanol–water partition coefficient (Wildman–Crippen LogP) is 1.90. The Morgan fingerprint density at radius 1 is 1.47 bits per heavy atom. The lowest BCUT2D eigenvalue weighted by Gasteiger charge is -2.35. The van der Waals surface area contributed by atoms with Crippen LogP contribution < -0.4 is 10.5 Å². The van der Waals surface area contributed by atoms with E-state index in [1.54, 1.807) is 7.11 Å². The Hall–Kier alpha value is -1.06. The number of aliphatic hydroxyl groups is 1. The van der Waals surface area contributed by atoms with Crippen LogP contribution in [0.3, 0.4) is 0 Å². The van der Waals surface area contributed by atoms with E-state index in [-0.39, 0.29) is 12.0 Å². The van der Waals surface area contributed by atoms with Crippen molar-refractivity contribution in [1.82, 2.24) is 0 Å². The fraction of sp³-hybridized carbons (Fsp3) is 0.571. The Balaban J connectivity index is 2.15. The highest BCUT2D eigenvalue weighted by atomic mass is 16.5. The number of hydrogen-bond donors (Lipinski definition) is 2. The first-order chi connectivity index (χ1) is 8.26. The van der Waals surface area contributed by atoms with Gasteiger partial charge >= 0.3 is 0 Å². The van der Waals surface area contributed by atoms with Crippen molar-refractivity contribution in [2.45, 2.75) is 31.3 Å². The van der Waals surface area contributed by atoms with E-state index in [1.165, 1.54) is 6.42 Å². The fourth-order valence-electron chi connectivity index (χ4n) is 2.45. The molecule has 0 aromatic heterocycles. The van der Waals surface area contributed by atoms with Crippen LogP contribution in [0.25, 0.3) is 0 Å². The lowest BCUT2D eigenvalue weighted by Crippen LogP contribution is -2.35. The zero-order valence-corrected chi connectivity index (χ0v) is 10.3. The summed E-state index contributed by atoms with van der Waals surface area (Å²) in [5, 5.41) is 10.3. The molecule has 0 heterocycles. The van der Waals surface area contributed by atoms with E-state index in [9.17, 15) is 5.11 Å². The number of benzene rings is 1. The van der Waals surface area contributed by atoms with Crippen LogP contribution in [-0.2, 0) is 0 Å². The molecule has 1 aliphatic rings. The van der Waals surface area contributed by atoms with Crippen molar-refractivity contribution in [3.05, 3.63) is 29.8 Å². The zero-order chi connectivity index (χ0) is 12.3. The first-order valence-electron chi connectivity index (χ1n) is 6.28. The van der Waals surface area contributed by atoms with E-state index in [2.05, 4.69) is 0 Å². The molecule has 3 N–H and O–H groups in total. The molecular weight excluding hydrogens is 214 g/mol. The molecule has 3 heteroatoms. The molecule has 0 radical (unpaired) electrons. The average molecular weight is 235 g/mol. The molecule has 17 heavy (non-hydrogen) atoms. The lowest BCUT2D eigenvalue weighted by atomic mass is 9.75. The predicted molar refractivity (Wildman–Crippen MR) is 68.1 cm³/mol. The van der Waals surface area contributed by atoms with Crippen LogP contribution in [0.5, 0.6) is 5.75 Å². The van der Waals surface area contributed by atoms with E-state index in [1.807, 2.05) is 24.3 Å². The monoisotopic (exact) mass is 235 g/mol. The Labute approximate surface area is 103 Å². The molecule has 2 atom stereocenters. The highest BCUT2D eigenvalue weighted by Crippen LogP contribution is 2.36. The minimum Gasteiger partial charge on any atom is -0.497 e. The van der Waals surface area contributed by atoms with Crippen molar-refractivity contribution in [3.63, 3.8) is 0 Å². The Bertz CT molecular complexity index is 363. The maximum Gasteiger partial charge on any atom is 0.119 e. The summed E-state index contributed by atoms with van der Waals surface area (Å²) in [6.07, 6.45) is 3.17.